The van der Waals surface area contributed by atoms with Crippen molar-refractivity contribution in [3.8, 4) is 0 Å². The predicted octanol–water partition coefficient (Wildman–Crippen LogP) is 2.34. The van der Waals surface area contributed by atoms with E-state index in [2.05, 4.69) is 24.3 Å². The van der Waals surface area contributed by atoms with Gasteiger partial charge in [-0.25, -0.2) is 36.4 Å². The summed E-state index contributed by atoms with van der Waals surface area (Å²) >= 11 is 0. The molecule has 4 aromatic rings. The Morgan fingerprint density at radius 1 is 0.440 bits per heavy atom. The summed E-state index contributed by atoms with van der Waals surface area (Å²) in [7, 11) is 0. The van der Waals surface area contributed by atoms with Gasteiger partial charge < -0.3 is 46.8 Å². The number of hydrogen-bond donors (Lipinski definition) is 0. The Morgan fingerprint density at radius 3 is 0.760 bits per heavy atom. The van der Waals surface area contributed by atoms with Gasteiger partial charge in [-0.3, -0.25) is 0 Å². The minimum atomic E-state index is 0. The standard InChI is InChI=1S/3C5H5.C5H.3H2O.2Ti/c4*1-2-4-5-3-1;;;;;/h3*1-5H;1H;3*1H2;;/q3*-1;-5;;;;;. The Hall–Kier alpha value is -1.29. The van der Waals surface area contributed by atoms with Crippen LogP contribution in [0.3, 0.4) is 0 Å². The van der Waals surface area contributed by atoms with Crippen molar-refractivity contribution in [3.05, 3.63) is 121 Å². The van der Waals surface area contributed by atoms with Gasteiger partial charge in [0, 0.05) is 43.4 Å². The molecule has 0 bridgehead atoms. The minimum Gasteiger partial charge on any atom is -0.999 e. The summed E-state index contributed by atoms with van der Waals surface area (Å²) in [4.78, 5) is 0. The number of hydrogen-bond acceptors (Lipinski definition) is 0. The molecule has 0 fully saturated rings. The topological polar surface area (TPSA) is 94.5 Å². The molecule has 4 rings (SSSR count). The van der Waals surface area contributed by atoms with Gasteiger partial charge in [-0.15, -0.1) is 0 Å². The first kappa shape index (κ1) is 34.9. The largest absolute Gasteiger partial charge is 0.999 e. The molecule has 25 heavy (non-hydrogen) atoms. The Kier molecular flexibility index (Phi) is 42.7. The summed E-state index contributed by atoms with van der Waals surface area (Å²) in [5.41, 5.74) is 0. The third-order valence-electron chi connectivity index (χ3n) is 2.02. The van der Waals surface area contributed by atoms with E-state index in [4.69, 9.17) is 0 Å². The van der Waals surface area contributed by atoms with Gasteiger partial charge in [0.05, 0.1) is 0 Å². The van der Waals surface area contributed by atoms with Crippen molar-refractivity contribution in [3.63, 3.8) is 0 Å². The van der Waals surface area contributed by atoms with Gasteiger partial charge in [-0.1, -0.05) is 0 Å². The first-order valence-corrected chi connectivity index (χ1v) is 6.33. The molecule has 0 saturated carbocycles. The van der Waals surface area contributed by atoms with Crippen molar-refractivity contribution < 1.29 is 59.9 Å². The first-order chi connectivity index (χ1) is 10.0. The van der Waals surface area contributed by atoms with E-state index in [1.165, 1.54) is 0 Å². The molecule has 0 aliphatic rings. The van der Waals surface area contributed by atoms with Crippen LogP contribution in [0.5, 0.6) is 0 Å². The summed E-state index contributed by atoms with van der Waals surface area (Å²) in [5.74, 6) is 0. The van der Waals surface area contributed by atoms with Crippen molar-refractivity contribution in [1.82, 2.24) is 0 Å². The molecule has 0 amide bonds. The average molecular weight is 406 g/mol. The predicted molar refractivity (Wildman–Crippen MR) is 94.3 cm³/mol. The second-order valence-electron chi connectivity index (χ2n) is 3.57. The van der Waals surface area contributed by atoms with E-state index in [-0.39, 0.29) is 59.9 Å². The second-order valence-corrected chi connectivity index (χ2v) is 3.57. The number of rotatable bonds is 0. The van der Waals surface area contributed by atoms with Crippen LogP contribution >= 0.6 is 0 Å². The molecule has 0 aliphatic heterocycles. The van der Waals surface area contributed by atoms with Crippen LogP contribution in [0.2, 0.25) is 0 Å². The van der Waals surface area contributed by atoms with Crippen LogP contribution in [0.1, 0.15) is 0 Å². The third kappa shape index (κ3) is 27.8. The molecule has 0 unspecified atom stereocenters. The molecule has 0 radical (unpaired) electrons. The van der Waals surface area contributed by atoms with Crippen molar-refractivity contribution in [2.24, 2.45) is 0 Å². The monoisotopic (exact) mass is 406 g/mol. The van der Waals surface area contributed by atoms with E-state index in [0.717, 1.165) is 0 Å². The molecule has 136 valence electrons. The smallest absolute Gasteiger partial charge is 0 e. The van der Waals surface area contributed by atoms with E-state index < -0.39 is 0 Å². The van der Waals surface area contributed by atoms with Crippen molar-refractivity contribution in [2.45, 2.75) is 0 Å². The van der Waals surface area contributed by atoms with Crippen LogP contribution in [0.15, 0.2) is 97.1 Å². The average Bonchev–Trinajstić information content (AvgIpc) is 3.40. The molecule has 0 aliphatic carbocycles. The zero-order chi connectivity index (χ0) is 14.1. The molecule has 0 atom stereocenters. The van der Waals surface area contributed by atoms with Gasteiger partial charge in [-0.05, 0) is 0 Å². The maximum Gasteiger partial charge on any atom is 0 e. The van der Waals surface area contributed by atoms with Gasteiger partial charge in [0.25, 0.3) is 0 Å². The zero-order valence-electron chi connectivity index (χ0n) is 13.7. The Labute approximate surface area is 180 Å². The maximum atomic E-state index is 2.62. The Balaban J connectivity index is -0.0000000667. The summed E-state index contributed by atoms with van der Waals surface area (Å²) in [5, 5.41) is 0. The SMILES string of the molecule is O.O.O.[Ti].[Ti].[c-]1[c-][c-][cH-][c-]1.c1cc[cH-]c1.c1cc[cH-]c1.c1cc[cH-]c1. The van der Waals surface area contributed by atoms with Crippen molar-refractivity contribution in [2.75, 3.05) is 0 Å². The molecular weight excluding hydrogens is 384 g/mol. The van der Waals surface area contributed by atoms with Crippen molar-refractivity contribution in [1.29, 1.82) is 0 Å². The van der Waals surface area contributed by atoms with E-state index in [9.17, 15) is 0 Å². The van der Waals surface area contributed by atoms with Gasteiger partial charge in [0.15, 0.2) is 0 Å². The van der Waals surface area contributed by atoms with Gasteiger partial charge >= 0.3 is 0 Å². The van der Waals surface area contributed by atoms with Crippen LogP contribution in [0.25, 0.3) is 0 Å². The Morgan fingerprint density at radius 2 is 0.680 bits per heavy atom. The van der Waals surface area contributed by atoms with Crippen LogP contribution < -0.4 is 0 Å². The minimum absolute atomic E-state index is 0. The third-order valence-corrected chi connectivity index (χ3v) is 2.02. The molecule has 0 saturated heterocycles. The van der Waals surface area contributed by atoms with Crippen LogP contribution in [0, 0.1) is 24.3 Å². The normalized spacial score (nSPS) is 6.40. The fraction of sp³-hybridized carbons (Fsp3) is 0. The molecule has 0 heterocycles. The summed E-state index contributed by atoms with van der Waals surface area (Å²) in [6.07, 6.45) is 0. The van der Waals surface area contributed by atoms with E-state index >= 15 is 0 Å². The van der Waals surface area contributed by atoms with Crippen LogP contribution in [-0.4, -0.2) is 16.4 Å². The molecule has 0 spiro atoms. The molecular formula is C20H22O3Ti2-8. The van der Waals surface area contributed by atoms with Crippen LogP contribution in [-0.2, 0) is 43.4 Å². The van der Waals surface area contributed by atoms with Gasteiger partial charge in [-0.2, -0.15) is 54.6 Å². The molecule has 3 nitrogen and oxygen atoms in total. The van der Waals surface area contributed by atoms with Crippen molar-refractivity contribution >= 4 is 0 Å². The van der Waals surface area contributed by atoms with E-state index in [1.54, 1.807) is 6.07 Å². The molecule has 0 aromatic heterocycles. The van der Waals surface area contributed by atoms with Gasteiger partial charge in [0.1, 0.15) is 0 Å². The van der Waals surface area contributed by atoms with E-state index in [1.807, 2.05) is 91.0 Å². The quantitative estimate of drug-likeness (QED) is 0.317. The fourth-order valence-corrected chi connectivity index (χ4v) is 1.14. The second kappa shape index (κ2) is 30.6. The summed E-state index contributed by atoms with van der Waals surface area (Å²) in [6, 6.07) is 42.0. The van der Waals surface area contributed by atoms with Gasteiger partial charge in [0.2, 0.25) is 0 Å². The first-order valence-electron chi connectivity index (χ1n) is 6.33. The molecule has 5 heteroatoms. The maximum absolute atomic E-state index is 2.62. The van der Waals surface area contributed by atoms with E-state index in [0.29, 0.717) is 0 Å². The molecule has 6 N–H and O–H groups in total. The summed E-state index contributed by atoms with van der Waals surface area (Å²) < 4.78 is 0. The Bertz CT molecular complexity index is 354. The summed E-state index contributed by atoms with van der Waals surface area (Å²) in [6.45, 7) is 0. The zero-order valence-corrected chi connectivity index (χ0v) is 16.9. The molecule has 4 aromatic carbocycles. The fourth-order valence-electron chi connectivity index (χ4n) is 1.14. The van der Waals surface area contributed by atoms with Crippen LogP contribution in [0.4, 0.5) is 0 Å².